The summed E-state index contributed by atoms with van der Waals surface area (Å²) in [6, 6.07) is 0. The van der Waals surface area contributed by atoms with Gasteiger partial charge in [-0.2, -0.15) is 0 Å². The van der Waals surface area contributed by atoms with E-state index >= 15 is 0 Å². The van der Waals surface area contributed by atoms with Crippen molar-refractivity contribution in [1.29, 1.82) is 0 Å². The van der Waals surface area contributed by atoms with Crippen molar-refractivity contribution in [2.75, 3.05) is 6.54 Å². The fourth-order valence-electron chi connectivity index (χ4n) is 0.0456. The maximum absolute atomic E-state index is 6.21. The Bertz CT molecular complexity index is 45.3. The molecule has 0 saturated heterocycles. The van der Waals surface area contributed by atoms with Crippen molar-refractivity contribution >= 4 is 16.0 Å². The van der Waals surface area contributed by atoms with E-state index < -0.39 is 0 Å². The van der Waals surface area contributed by atoms with Gasteiger partial charge >= 0.3 is 39.3 Å². The van der Waals surface area contributed by atoms with Crippen LogP contribution in [0.15, 0.2) is 0 Å². The normalized spacial score (nSPS) is 6.40. The topological polar surface area (TPSA) is 4.36 Å². The Kier molecular flexibility index (Phi) is 4.02. The molecule has 0 heterocycles. The van der Waals surface area contributed by atoms with Gasteiger partial charge in [0.25, 0.3) is 0 Å². The van der Waals surface area contributed by atoms with E-state index in [1.807, 2.05) is 0 Å². The third-order valence-electron chi connectivity index (χ3n) is 0.203. The Hall–Kier alpha value is 0.00948. The van der Waals surface area contributed by atoms with Crippen molar-refractivity contribution < 1.29 is 0 Å². The van der Waals surface area contributed by atoms with Crippen LogP contribution in [0, 0.1) is 6.57 Å². The summed E-state index contributed by atoms with van der Waals surface area (Å²) in [6.45, 7) is 6.83. The molecule has 0 spiro atoms. The van der Waals surface area contributed by atoms with Crippen molar-refractivity contribution in [2.24, 2.45) is 0 Å². The molecule has 1 nitrogen and oxygen atoms in total. The number of hydrogen-bond donors (Lipinski definition) is 0. The minimum atomic E-state index is 0.625. The Morgan fingerprint density at radius 2 is 2.40 bits per heavy atom. The van der Waals surface area contributed by atoms with Crippen molar-refractivity contribution in [3.05, 3.63) is 11.4 Å². The van der Waals surface area contributed by atoms with E-state index in [-0.39, 0.29) is 0 Å². The van der Waals surface area contributed by atoms with Gasteiger partial charge in [-0.1, -0.05) is 0 Å². The van der Waals surface area contributed by atoms with Crippen LogP contribution in [0.4, 0.5) is 0 Å². The second-order valence-electron chi connectivity index (χ2n) is 0.586. The van der Waals surface area contributed by atoms with E-state index in [4.69, 9.17) is 6.57 Å². The van der Waals surface area contributed by atoms with Crippen LogP contribution in [0.3, 0.4) is 0 Å². The summed E-state index contributed by atoms with van der Waals surface area (Å²) < 4.78 is 0. The maximum atomic E-state index is 6.21. The van der Waals surface area contributed by atoms with Crippen molar-refractivity contribution in [3.63, 3.8) is 0 Å². The van der Waals surface area contributed by atoms with Gasteiger partial charge in [0.2, 0.25) is 0 Å². The van der Waals surface area contributed by atoms with Gasteiger partial charge in [-0.3, -0.25) is 0 Å². The Labute approximate surface area is 40.0 Å². The Morgan fingerprint density at radius 3 is 2.40 bits per heavy atom. The zero-order valence-corrected chi connectivity index (χ0v) is 4.48. The summed E-state index contributed by atoms with van der Waals surface area (Å²) in [5.74, 6) is 0. The first-order chi connectivity index (χ1) is 2.41. The number of hydrogen-bond acceptors (Lipinski definition) is 0. The third-order valence-corrected chi connectivity index (χ3v) is 0.586. The molecular formula is C3H4NSe. The van der Waals surface area contributed by atoms with Gasteiger partial charge in [0.05, 0.1) is 0 Å². The molecule has 0 N–H and O–H groups in total. The molecule has 27 valence electrons. The Balaban J connectivity index is 2.48. The van der Waals surface area contributed by atoms with Crippen LogP contribution in [-0.2, 0) is 0 Å². The van der Waals surface area contributed by atoms with Crippen LogP contribution in [-0.4, -0.2) is 22.6 Å². The molecule has 0 aliphatic rings. The van der Waals surface area contributed by atoms with Crippen LogP contribution in [0.2, 0.25) is 5.32 Å². The van der Waals surface area contributed by atoms with Crippen LogP contribution in [0.5, 0.6) is 0 Å². The molecule has 0 aromatic rings. The predicted molar refractivity (Wildman–Crippen MR) is 22.0 cm³/mol. The first-order valence-electron chi connectivity index (χ1n) is 1.33. The van der Waals surface area contributed by atoms with Gasteiger partial charge in [0.1, 0.15) is 0 Å². The average Bonchev–Trinajstić information content (AvgIpc) is 1.41. The zero-order valence-electron chi connectivity index (χ0n) is 2.77. The van der Waals surface area contributed by atoms with Gasteiger partial charge in [-0.05, 0) is 0 Å². The van der Waals surface area contributed by atoms with Crippen molar-refractivity contribution in [2.45, 2.75) is 5.32 Å². The summed E-state index contributed by atoms with van der Waals surface area (Å²) in [4.78, 5) is 3.07. The Morgan fingerprint density at radius 1 is 1.80 bits per heavy atom. The fraction of sp³-hybridized carbons (Fsp3) is 0.667. The summed E-state index contributed by atoms with van der Waals surface area (Å²) in [5, 5.41) is 0.865. The van der Waals surface area contributed by atoms with E-state index in [1.165, 1.54) is 0 Å². The van der Waals surface area contributed by atoms with Crippen LogP contribution >= 0.6 is 0 Å². The molecule has 0 atom stereocenters. The monoisotopic (exact) mass is 134 g/mol. The molecule has 0 amide bonds. The summed E-state index contributed by atoms with van der Waals surface area (Å²) in [7, 11) is 0. The zero-order chi connectivity index (χ0) is 4.12. The molecule has 1 radical (unpaired) electrons. The molecule has 0 unspecified atom stereocenters. The van der Waals surface area contributed by atoms with Gasteiger partial charge in [0, 0.05) is 0 Å². The van der Waals surface area contributed by atoms with Crippen molar-refractivity contribution in [3.8, 4) is 0 Å². The molecule has 0 fully saturated rings. The second-order valence-corrected chi connectivity index (χ2v) is 1.44. The standard InChI is InChI=1S/C3H4NSe/c1-4-2-3-5/h2-3H2. The molecule has 0 rings (SSSR count). The molecular weight excluding hydrogens is 129 g/mol. The summed E-state index contributed by atoms with van der Waals surface area (Å²) in [6.07, 6.45) is 0. The van der Waals surface area contributed by atoms with Crippen LogP contribution in [0.25, 0.3) is 4.85 Å². The SMILES string of the molecule is [C-]#[N+]CC[Se]. The van der Waals surface area contributed by atoms with Crippen LogP contribution < -0.4 is 0 Å². The minimum absolute atomic E-state index is 0.625. The number of rotatable bonds is 1. The third kappa shape index (κ3) is 4.01. The molecule has 2 heteroatoms. The molecule has 0 aromatic heterocycles. The first kappa shape index (κ1) is 5.01. The molecule has 0 saturated carbocycles. The van der Waals surface area contributed by atoms with Gasteiger partial charge < -0.3 is 0 Å². The van der Waals surface area contributed by atoms with Gasteiger partial charge in [-0.15, -0.1) is 0 Å². The summed E-state index contributed by atoms with van der Waals surface area (Å²) in [5.41, 5.74) is 0. The fourth-order valence-corrected chi connectivity index (χ4v) is 0.237. The molecule has 0 aliphatic heterocycles. The van der Waals surface area contributed by atoms with E-state index in [0.717, 1.165) is 5.32 Å². The quantitative estimate of drug-likeness (QED) is 0.362. The van der Waals surface area contributed by atoms with Crippen LogP contribution in [0.1, 0.15) is 0 Å². The molecule has 5 heavy (non-hydrogen) atoms. The average molecular weight is 133 g/mol. The van der Waals surface area contributed by atoms with Gasteiger partial charge in [-0.25, -0.2) is 0 Å². The predicted octanol–water partition coefficient (Wildman–Crippen LogP) is 0.492. The van der Waals surface area contributed by atoms with E-state index in [2.05, 4.69) is 20.9 Å². The summed E-state index contributed by atoms with van der Waals surface area (Å²) >= 11 is 2.73. The van der Waals surface area contributed by atoms with E-state index in [0.29, 0.717) is 6.54 Å². The van der Waals surface area contributed by atoms with Crippen molar-refractivity contribution in [1.82, 2.24) is 0 Å². The number of nitrogens with zero attached hydrogens (tertiary/aromatic N) is 1. The second kappa shape index (κ2) is 4.01. The molecule has 0 aromatic carbocycles. The van der Waals surface area contributed by atoms with E-state index in [1.54, 1.807) is 0 Å². The van der Waals surface area contributed by atoms with E-state index in [9.17, 15) is 0 Å². The first-order valence-corrected chi connectivity index (χ1v) is 2.54. The molecule has 0 aliphatic carbocycles. The van der Waals surface area contributed by atoms with Gasteiger partial charge in [0.15, 0.2) is 0 Å². The molecule has 0 bridgehead atoms.